The summed E-state index contributed by atoms with van der Waals surface area (Å²) in [6, 6.07) is 2.03. The smallest absolute Gasteiger partial charge is 0.164 e. The summed E-state index contributed by atoms with van der Waals surface area (Å²) in [5.41, 5.74) is 2.33. The minimum Gasteiger partial charge on any atom is -0.294 e. The van der Waals surface area contributed by atoms with Crippen LogP contribution in [0.4, 0.5) is 0 Å². The van der Waals surface area contributed by atoms with E-state index in [2.05, 4.69) is 26.2 Å². The lowest BCUT2D eigenvalue weighted by molar-refractivity contribution is -0.143. The van der Waals surface area contributed by atoms with Crippen molar-refractivity contribution in [1.29, 1.82) is 0 Å². The fraction of sp³-hybridized carbons (Fsp3) is 0.737. The molecule has 4 saturated carbocycles. The van der Waals surface area contributed by atoms with Crippen LogP contribution in [-0.4, -0.2) is 5.78 Å². The molecule has 5 rings (SSSR count). The predicted octanol–water partition coefficient (Wildman–Crippen LogP) is 5.63. The zero-order valence-electron chi connectivity index (χ0n) is 13.5. The van der Waals surface area contributed by atoms with Gasteiger partial charge in [-0.15, -0.1) is 11.3 Å². The fourth-order valence-electron chi connectivity index (χ4n) is 6.99. The number of aryl methyl sites for hydroxylation is 1. The first kappa shape index (κ1) is 14.0. The molecular formula is C19H26OS. The minimum absolute atomic E-state index is 0.314. The normalized spacial score (nSPS) is 44.2. The average molecular weight is 302 g/mol. The molecule has 4 aliphatic rings. The Morgan fingerprint density at radius 1 is 1.19 bits per heavy atom. The molecule has 4 fully saturated rings. The van der Waals surface area contributed by atoms with Gasteiger partial charge >= 0.3 is 0 Å². The van der Waals surface area contributed by atoms with Crippen LogP contribution >= 0.6 is 11.3 Å². The van der Waals surface area contributed by atoms with Gasteiger partial charge in [0.25, 0.3) is 0 Å². The quantitative estimate of drug-likeness (QED) is 0.662. The van der Waals surface area contributed by atoms with Gasteiger partial charge in [0.15, 0.2) is 5.78 Å². The van der Waals surface area contributed by atoms with Crippen molar-refractivity contribution in [3.63, 3.8) is 0 Å². The molecule has 0 aliphatic heterocycles. The van der Waals surface area contributed by atoms with Crippen LogP contribution < -0.4 is 0 Å². The first-order valence-electron chi connectivity index (χ1n) is 8.38. The van der Waals surface area contributed by atoms with E-state index in [4.69, 9.17) is 0 Å². The summed E-state index contributed by atoms with van der Waals surface area (Å²) >= 11 is 1.70. The van der Waals surface area contributed by atoms with Crippen molar-refractivity contribution in [3.8, 4) is 0 Å². The number of hydrogen-bond donors (Lipinski definition) is 0. The van der Waals surface area contributed by atoms with Gasteiger partial charge in [-0.05, 0) is 79.1 Å². The summed E-state index contributed by atoms with van der Waals surface area (Å²) in [5, 5.41) is 2.06. The predicted molar refractivity (Wildman–Crippen MR) is 87.8 cm³/mol. The highest BCUT2D eigenvalue weighted by atomic mass is 32.1. The number of thiophene rings is 1. The van der Waals surface area contributed by atoms with Crippen molar-refractivity contribution in [3.05, 3.63) is 21.9 Å². The molecule has 4 aliphatic carbocycles. The van der Waals surface area contributed by atoms with E-state index in [1.54, 1.807) is 11.3 Å². The number of hydrogen-bond acceptors (Lipinski definition) is 2. The van der Waals surface area contributed by atoms with Gasteiger partial charge in [0, 0.05) is 16.9 Å². The third-order valence-corrected chi connectivity index (χ3v) is 7.28. The Labute approximate surface area is 132 Å². The molecule has 0 amide bonds. The van der Waals surface area contributed by atoms with Gasteiger partial charge < -0.3 is 0 Å². The number of rotatable bonds is 3. The Hall–Kier alpha value is -0.630. The molecule has 2 heteroatoms. The molecule has 2 atom stereocenters. The number of Topliss-reactive ketones (excluding diaryl/α,β-unsaturated/α-hetero) is 1. The van der Waals surface area contributed by atoms with E-state index in [9.17, 15) is 4.79 Å². The van der Waals surface area contributed by atoms with Gasteiger partial charge in [0.05, 0.1) is 0 Å². The fourth-order valence-corrected chi connectivity index (χ4v) is 7.71. The first-order chi connectivity index (χ1) is 9.81. The van der Waals surface area contributed by atoms with Crippen molar-refractivity contribution >= 4 is 17.1 Å². The van der Waals surface area contributed by atoms with Gasteiger partial charge in [-0.2, -0.15) is 0 Å². The van der Waals surface area contributed by atoms with Crippen LogP contribution in [0.25, 0.3) is 0 Å². The molecule has 21 heavy (non-hydrogen) atoms. The van der Waals surface area contributed by atoms with E-state index in [0.717, 1.165) is 17.9 Å². The molecule has 0 N–H and O–H groups in total. The van der Waals surface area contributed by atoms with Crippen molar-refractivity contribution < 1.29 is 4.79 Å². The third kappa shape index (κ3) is 2.21. The lowest BCUT2D eigenvalue weighted by Crippen LogP contribution is -2.55. The minimum atomic E-state index is 0.314. The van der Waals surface area contributed by atoms with Gasteiger partial charge in [-0.1, -0.05) is 13.8 Å². The van der Waals surface area contributed by atoms with E-state index in [-0.39, 0.29) is 0 Å². The zero-order chi connectivity index (χ0) is 14.9. The molecule has 4 bridgehead atoms. The lowest BCUT2D eigenvalue weighted by Gasteiger charge is -2.65. The lowest BCUT2D eigenvalue weighted by atomic mass is 9.39. The van der Waals surface area contributed by atoms with Crippen LogP contribution in [0, 0.1) is 29.1 Å². The van der Waals surface area contributed by atoms with Crippen molar-refractivity contribution in [2.45, 2.75) is 65.7 Å². The Morgan fingerprint density at radius 2 is 1.86 bits per heavy atom. The number of carbonyl (C=O) groups is 1. The molecule has 1 aromatic rings. The van der Waals surface area contributed by atoms with Crippen LogP contribution in [0.15, 0.2) is 11.4 Å². The van der Waals surface area contributed by atoms with Gasteiger partial charge in [0.2, 0.25) is 0 Å². The third-order valence-electron chi connectivity index (χ3n) is 6.44. The van der Waals surface area contributed by atoms with Crippen LogP contribution in [0.2, 0.25) is 0 Å². The summed E-state index contributed by atoms with van der Waals surface area (Å²) in [4.78, 5) is 14.0. The van der Waals surface area contributed by atoms with Crippen molar-refractivity contribution in [1.82, 2.24) is 0 Å². The molecule has 0 spiro atoms. The topological polar surface area (TPSA) is 17.1 Å². The molecule has 0 radical (unpaired) electrons. The monoisotopic (exact) mass is 302 g/mol. The van der Waals surface area contributed by atoms with Crippen LogP contribution in [0.1, 0.15) is 74.0 Å². The van der Waals surface area contributed by atoms with E-state index in [1.807, 2.05) is 6.07 Å². The van der Waals surface area contributed by atoms with E-state index < -0.39 is 0 Å². The maximum atomic E-state index is 12.8. The Balaban J connectivity index is 1.63. The standard InChI is InChI=1S/C19H26OS/c1-13-15(4-5-21-13)16(20)9-19-8-14-6-17(2,11-19)10-18(3,7-14)12-19/h4-5,14H,6-12H2,1-3H3. The van der Waals surface area contributed by atoms with Crippen LogP contribution in [0.3, 0.4) is 0 Å². The molecular weight excluding hydrogens is 276 g/mol. The molecule has 2 unspecified atom stereocenters. The second kappa shape index (κ2) is 4.22. The van der Waals surface area contributed by atoms with E-state index in [1.165, 1.54) is 43.4 Å². The molecule has 1 nitrogen and oxygen atoms in total. The number of carbonyl (C=O) groups excluding carboxylic acids is 1. The first-order valence-corrected chi connectivity index (χ1v) is 9.26. The van der Waals surface area contributed by atoms with Crippen LogP contribution in [0.5, 0.6) is 0 Å². The summed E-state index contributed by atoms with van der Waals surface area (Å²) in [6.45, 7) is 7.07. The largest absolute Gasteiger partial charge is 0.294 e. The SMILES string of the molecule is Cc1sccc1C(=O)CC12CC3CC(C)(CC(C)(C3)C1)C2. The summed E-state index contributed by atoms with van der Waals surface area (Å²) in [7, 11) is 0. The maximum absolute atomic E-state index is 12.8. The number of ketones is 1. The highest BCUT2D eigenvalue weighted by molar-refractivity contribution is 7.10. The molecule has 1 heterocycles. The summed E-state index contributed by atoms with van der Waals surface area (Å²) < 4.78 is 0. The molecule has 0 saturated heterocycles. The summed E-state index contributed by atoms with van der Waals surface area (Å²) in [6.07, 6.45) is 8.91. The van der Waals surface area contributed by atoms with Gasteiger partial charge in [0.1, 0.15) is 0 Å². The van der Waals surface area contributed by atoms with Crippen molar-refractivity contribution in [2.24, 2.45) is 22.2 Å². The molecule has 0 aromatic carbocycles. The molecule has 1 aromatic heterocycles. The highest BCUT2D eigenvalue weighted by Crippen LogP contribution is 2.70. The Morgan fingerprint density at radius 3 is 2.38 bits per heavy atom. The zero-order valence-corrected chi connectivity index (χ0v) is 14.3. The maximum Gasteiger partial charge on any atom is 0.164 e. The van der Waals surface area contributed by atoms with Crippen molar-refractivity contribution in [2.75, 3.05) is 0 Å². The van der Waals surface area contributed by atoms with Crippen LogP contribution in [-0.2, 0) is 0 Å². The highest BCUT2D eigenvalue weighted by Gasteiger charge is 2.60. The molecule has 114 valence electrons. The Kier molecular flexibility index (Phi) is 2.81. The van der Waals surface area contributed by atoms with E-state index >= 15 is 0 Å². The van der Waals surface area contributed by atoms with E-state index in [0.29, 0.717) is 22.0 Å². The average Bonchev–Trinajstić information content (AvgIpc) is 2.69. The van der Waals surface area contributed by atoms with Gasteiger partial charge in [-0.3, -0.25) is 4.79 Å². The Bertz CT molecular complexity index is 580. The summed E-state index contributed by atoms with van der Waals surface area (Å²) in [5.74, 6) is 1.29. The van der Waals surface area contributed by atoms with Gasteiger partial charge in [-0.25, -0.2) is 0 Å². The second-order valence-corrected chi connectivity index (χ2v) is 10.2. The second-order valence-electron chi connectivity index (χ2n) is 9.12.